The Morgan fingerprint density at radius 2 is 1.87 bits per heavy atom. The van der Waals surface area contributed by atoms with Crippen molar-refractivity contribution in [3.8, 4) is 0 Å². The van der Waals surface area contributed by atoms with Gasteiger partial charge in [-0.2, -0.15) is 11.8 Å². The van der Waals surface area contributed by atoms with Crippen molar-refractivity contribution in [2.24, 2.45) is 0 Å². The minimum Gasteiger partial charge on any atom is -0.300 e. The van der Waals surface area contributed by atoms with Gasteiger partial charge in [0.05, 0.1) is 6.17 Å². The third-order valence-corrected chi connectivity index (χ3v) is 3.98. The van der Waals surface area contributed by atoms with Gasteiger partial charge in [-0.15, -0.1) is 0 Å². The molecule has 0 amide bonds. The fourth-order valence-corrected chi connectivity index (χ4v) is 2.91. The SMILES string of the molecule is CCCCN(CCCC)C1CSCCN1. The van der Waals surface area contributed by atoms with E-state index in [1.807, 2.05) is 0 Å². The van der Waals surface area contributed by atoms with Gasteiger partial charge in [-0.3, -0.25) is 4.90 Å². The molecular weight excluding hydrogens is 204 g/mol. The molecule has 1 aliphatic rings. The lowest BCUT2D eigenvalue weighted by atomic mass is 10.2. The molecule has 1 unspecified atom stereocenters. The van der Waals surface area contributed by atoms with Crippen LogP contribution in [-0.4, -0.2) is 42.2 Å². The van der Waals surface area contributed by atoms with E-state index >= 15 is 0 Å². The summed E-state index contributed by atoms with van der Waals surface area (Å²) in [5, 5.41) is 3.64. The second-order valence-electron chi connectivity index (χ2n) is 4.29. The van der Waals surface area contributed by atoms with E-state index < -0.39 is 0 Å². The molecule has 90 valence electrons. The molecular formula is C12H26N2S. The first-order valence-corrected chi connectivity index (χ1v) is 7.59. The maximum Gasteiger partial charge on any atom is 0.0690 e. The maximum atomic E-state index is 3.64. The van der Waals surface area contributed by atoms with Crippen molar-refractivity contribution in [1.82, 2.24) is 10.2 Å². The number of unbranched alkanes of at least 4 members (excludes halogenated alkanes) is 2. The zero-order chi connectivity index (χ0) is 10.9. The van der Waals surface area contributed by atoms with Crippen molar-refractivity contribution in [3.05, 3.63) is 0 Å². The van der Waals surface area contributed by atoms with Crippen LogP contribution in [0.1, 0.15) is 39.5 Å². The average Bonchev–Trinajstić information content (AvgIpc) is 2.30. The minimum absolute atomic E-state index is 0.641. The molecule has 0 radical (unpaired) electrons. The molecule has 1 heterocycles. The van der Waals surface area contributed by atoms with Crippen molar-refractivity contribution in [3.63, 3.8) is 0 Å². The molecule has 1 N–H and O–H groups in total. The summed E-state index contributed by atoms with van der Waals surface area (Å²) in [6.45, 7) is 8.29. The molecule has 1 atom stereocenters. The molecule has 0 aromatic rings. The Morgan fingerprint density at radius 3 is 2.33 bits per heavy atom. The molecule has 2 nitrogen and oxygen atoms in total. The van der Waals surface area contributed by atoms with Crippen LogP contribution in [0, 0.1) is 0 Å². The Labute approximate surface area is 99.2 Å². The summed E-state index contributed by atoms with van der Waals surface area (Å²) in [5.41, 5.74) is 0. The van der Waals surface area contributed by atoms with Crippen molar-refractivity contribution < 1.29 is 0 Å². The highest BCUT2D eigenvalue weighted by atomic mass is 32.2. The Bertz CT molecular complexity index is 139. The molecule has 0 saturated carbocycles. The van der Waals surface area contributed by atoms with E-state index in [0.717, 1.165) is 0 Å². The molecule has 0 aliphatic carbocycles. The first-order valence-electron chi connectivity index (χ1n) is 6.43. The third kappa shape index (κ3) is 5.23. The van der Waals surface area contributed by atoms with Gasteiger partial charge in [0.25, 0.3) is 0 Å². The zero-order valence-corrected chi connectivity index (χ0v) is 11.1. The Hall–Kier alpha value is 0.270. The summed E-state index contributed by atoms with van der Waals surface area (Å²) in [6, 6.07) is 0. The maximum absolute atomic E-state index is 3.64. The van der Waals surface area contributed by atoms with Gasteiger partial charge >= 0.3 is 0 Å². The van der Waals surface area contributed by atoms with E-state index in [2.05, 4.69) is 35.8 Å². The summed E-state index contributed by atoms with van der Waals surface area (Å²) in [4.78, 5) is 2.65. The topological polar surface area (TPSA) is 15.3 Å². The monoisotopic (exact) mass is 230 g/mol. The van der Waals surface area contributed by atoms with Crippen LogP contribution < -0.4 is 5.32 Å². The Kier molecular flexibility index (Phi) is 7.49. The summed E-state index contributed by atoms with van der Waals surface area (Å²) in [5.74, 6) is 2.55. The van der Waals surface area contributed by atoms with Gasteiger partial charge in [0, 0.05) is 18.1 Å². The van der Waals surface area contributed by atoms with E-state index in [1.54, 1.807) is 0 Å². The van der Waals surface area contributed by atoms with Gasteiger partial charge < -0.3 is 5.32 Å². The molecule has 0 spiro atoms. The minimum atomic E-state index is 0.641. The van der Waals surface area contributed by atoms with Gasteiger partial charge in [0.1, 0.15) is 0 Å². The quantitative estimate of drug-likeness (QED) is 0.723. The molecule has 1 saturated heterocycles. The molecule has 0 aromatic carbocycles. The number of hydrogen-bond donors (Lipinski definition) is 1. The lowest BCUT2D eigenvalue weighted by Crippen LogP contribution is -2.51. The molecule has 1 fully saturated rings. The molecule has 0 aromatic heterocycles. The predicted molar refractivity (Wildman–Crippen MR) is 70.5 cm³/mol. The van der Waals surface area contributed by atoms with E-state index in [-0.39, 0.29) is 0 Å². The van der Waals surface area contributed by atoms with E-state index in [1.165, 1.54) is 56.8 Å². The highest BCUT2D eigenvalue weighted by Gasteiger charge is 2.19. The summed E-state index contributed by atoms with van der Waals surface area (Å²) >= 11 is 2.09. The highest BCUT2D eigenvalue weighted by Crippen LogP contribution is 2.13. The van der Waals surface area contributed by atoms with Crippen molar-refractivity contribution in [2.75, 3.05) is 31.1 Å². The van der Waals surface area contributed by atoms with E-state index in [9.17, 15) is 0 Å². The number of nitrogens with zero attached hydrogens (tertiary/aromatic N) is 1. The molecule has 1 aliphatic heterocycles. The number of nitrogens with one attached hydrogen (secondary N) is 1. The number of hydrogen-bond acceptors (Lipinski definition) is 3. The van der Waals surface area contributed by atoms with Crippen LogP contribution in [0.15, 0.2) is 0 Å². The third-order valence-electron chi connectivity index (χ3n) is 2.94. The summed E-state index contributed by atoms with van der Waals surface area (Å²) in [7, 11) is 0. The molecule has 3 heteroatoms. The second kappa shape index (κ2) is 8.43. The normalized spacial score (nSPS) is 22.2. The van der Waals surface area contributed by atoms with Crippen LogP contribution in [0.5, 0.6) is 0 Å². The lowest BCUT2D eigenvalue weighted by molar-refractivity contribution is 0.176. The first-order chi connectivity index (χ1) is 7.38. The van der Waals surface area contributed by atoms with Crippen LogP contribution in [-0.2, 0) is 0 Å². The second-order valence-corrected chi connectivity index (χ2v) is 5.44. The summed E-state index contributed by atoms with van der Waals surface area (Å²) < 4.78 is 0. The lowest BCUT2D eigenvalue weighted by Gasteiger charge is -2.34. The van der Waals surface area contributed by atoms with Crippen LogP contribution in [0.4, 0.5) is 0 Å². The van der Waals surface area contributed by atoms with Gasteiger partial charge in [0.2, 0.25) is 0 Å². The van der Waals surface area contributed by atoms with Gasteiger partial charge in [-0.25, -0.2) is 0 Å². The van der Waals surface area contributed by atoms with Crippen LogP contribution in [0.25, 0.3) is 0 Å². The standard InChI is InChI=1S/C12H26N2S/c1-3-5-8-14(9-6-4-2)12-11-15-10-7-13-12/h12-13H,3-11H2,1-2H3. The first kappa shape index (κ1) is 13.3. The number of rotatable bonds is 7. The average molecular weight is 230 g/mol. The van der Waals surface area contributed by atoms with Gasteiger partial charge in [0.15, 0.2) is 0 Å². The molecule has 0 bridgehead atoms. The largest absolute Gasteiger partial charge is 0.300 e. The van der Waals surface area contributed by atoms with Crippen LogP contribution in [0.2, 0.25) is 0 Å². The summed E-state index contributed by atoms with van der Waals surface area (Å²) in [6.07, 6.45) is 5.94. The Balaban J connectivity index is 2.30. The fourth-order valence-electron chi connectivity index (χ4n) is 1.93. The van der Waals surface area contributed by atoms with Crippen LogP contribution in [0.3, 0.4) is 0 Å². The van der Waals surface area contributed by atoms with Crippen molar-refractivity contribution in [2.45, 2.75) is 45.7 Å². The Morgan fingerprint density at radius 1 is 1.20 bits per heavy atom. The smallest absolute Gasteiger partial charge is 0.0690 e. The van der Waals surface area contributed by atoms with Crippen molar-refractivity contribution in [1.29, 1.82) is 0 Å². The van der Waals surface area contributed by atoms with E-state index in [4.69, 9.17) is 0 Å². The number of thioether (sulfide) groups is 1. The fraction of sp³-hybridized carbons (Fsp3) is 1.00. The van der Waals surface area contributed by atoms with Crippen molar-refractivity contribution >= 4 is 11.8 Å². The van der Waals surface area contributed by atoms with Crippen LogP contribution >= 0.6 is 11.8 Å². The van der Waals surface area contributed by atoms with E-state index in [0.29, 0.717) is 6.17 Å². The highest BCUT2D eigenvalue weighted by molar-refractivity contribution is 7.99. The zero-order valence-electron chi connectivity index (χ0n) is 10.3. The molecule has 1 rings (SSSR count). The van der Waals surface area contributed by atoms with Gasteiger partial charge in [-0.1, -0.05) is 26.7 Å². The van der Waals surface area contributed by atoms with Gasteiger partial charge in [-0.05, 0) is 25.9 Å². The predicted octanol–water partition coefficient (Wildman–Crippen LogP) is 2.55. The molecule has 15 heavy (non-hydrogen) atoms.